The summed E-state index contributed by atoms with van der Waals surface area (Å²) in [4.78, 5) is 9.03. The van der Waals surface area contributed by atoms with Crippen LogP contribution in [0.15, 0.2) is 36.4 Å². The highest BCUT2D eigenvalue weighted by Crippen LogP contribution is 2.36. The number of hydrogen-bond acceptors (Lipinski definition) is 4. The molecule has 3 aromatic rings. The van der Waals surface area contributed by atoms with E-state index in [1.165, 1.54) is 0 Å². The van der Waals surface area contributed by atoms with Crippen molar-refractivity contribution in [2.75, 3.05) is 12.8 Å². The maximum absolute atomic E-state index is 5.99. The Labute approximate surface area is 136 Å². The standard InChI is InChI=1S/C16H14IN3O/c1-9-14(17)15(18)20-16(19-9)13-11-6-4-3-5-10(11)7-8-12(13)21-2/h3-8H,1-2H3,(H2,18,19,20). The molecule has 0 spiro atoms. The Bertz CT molecular complexity index is 810. The lowest BCUT2D eigenvalue weighted by Gasteiger charge is -2.12. The van der Waals surface area contributed by atoms with E-state index in [0.29, 0.717) is 11.6 Å². The minimum Gasteiger partial charge on any atom is -0.496 e. The molecular weight excluding hydrogens is 377 g/mol. The molecule has 1 aromatic heterocycles. The maximum atomic E-state index is 5.99. The van der Waals surface area contributed by atoms with Gasteiger partial charge < -0.3 is 10.5 Å². The zero-order valence-electron chi connectivity index (χ0n) is 11.7. The SMILES string of the molecule is COc1ccc2ccccc2c1-c1nc(C)c(I)c(N)n1. The van der Waals surface area contributed by atoms with Gasteiger partial charge in [-0.05, 0) is 46.4 Å². The summed E-state index contributed by atoms with van der Waals surface area (Å²) in [7, 11) is 1.65. The maximum Gasteiger partial charge on any atom is 0.166 e. The van der Waals surface area contributed by atoms with Crippen molar-refractivity contribution in [3.05, 3.63) is 45.7 Å². The van der Waals surface area contributed by atoms with Crippen molar-refractivity contribution in [2.45, 2.75) is 6.92 Å². The number of halogens is 1. The van der Waals surface area contributed by atoms with Gasteiger partial charge in [0.05, 0.1) is 21.9 Å². The number of aromatic nitrogens is 2. The van der Waals surface area contributed by atoms with Crippen molar-refractivity contribution >= 4 is 39.2 Å². The quantitative estimate of drug-likeness (QED) is 0.676. The highest BCUT2D eigenvalue weighted by molar-refractivity contribution is 14.1. The number of benzene rings is 2. The molecule has 0 unspecified atom stereocenters. The van der Waals surface area contributed by atoms with Gasteiger partial charge in [-0.3, -0.25) is 0 Å². The topological polar surface area (TPSA) is 61.0 Å². The van der Waals surface area contributed by atoms with Gasteiger partial charge >= 0.3 is 0 Å². The van der Waals surface area contributed by atoms with Gasteiger partial charge in [0, 0.05) is 0 Å². The molecule has 4 nitrogen and oxygen atoms in total. The van der Waals surface area contributed by atoms with Crippen LogP contribution in [-0.2, 0) is 0 Å². The third-order valence-electron chi connectivity index (χ3n) is 3.38. The number of methoxy groups -OCH3 is 1. The largest absolute Gasteiger partial charge is 0.496 e. The molecule has 0 saturated heterocycles. The highest BCUT2D eigenvalue weighted by Gasteiger charge is 2.15. The van der Waals surface area contributed by atoms with Crippen molar-refractivity contribution in [1.82, 2.24) is 9.97 Å². The molecule has 21 heavy (non-hydrogen) atoms. The van der Waals surface area contributed by atoms with E-state index in [-0.39, 0.29) is 0 Å². The Balaban J connectivity index is 2.38. The lowest BCUT2D eigenvalue weighted by Crippen LogP contribution is -2.03. The Morgan fingerprint density at radius 1 is 1.10 bits per heavy atom. The van der Waals surface area contributed by atoms with Gasteiger partial charge in [-0.1, -0.05) is 30.3 Å². The van der Waals surface area contributed by atoms with Crippen molar-refractivity contribution in [2.24, 2.45) is 0 Å². The van der Waals surface area contributed by atoms with Crippen molar-refractivity contribution in [1.29, 1.82) is 0 Å². The summed E-state index contributed by atoms with van der Waals surface area (Å²) in [6, 6.07) is 12.1. The van der Waals surface area contributed by atoms with Crippen LogP contribution in [-0.4, -0.2) is 17.1 Å². The molecule has 2 N–H and O–H groups in total. The van der Waals surface area contributed by atoms with Gasteiger partial charge in [-0.15, -0.1) is 0 Å². The van der Waals surface area contributed by atoms with E-state index < -0.39 is 0 Å². The molecule has 0 radical (unpaired) electrons. The lowest BCUT2D eigenvalue weighted by molar-refractivity contribution is 0.416. The van der Waals surface area contributed by atoms with Crippen LogP contribution in [0.2, 0.25) is 0 Å². The Hall–Kier alpha value is -1.89. The molecule has 3 rings (SSSR count). The summed E-state index contributed by atoms with van der Waals surface area (Å²) in [6.45, 7) is 1.93. The molecule has 0 amide bonds. The molecule has 1 heterocycles. The van der Waals surface area contributed by atoms with E-state index in [1.54, 1.807) is 7.11 Å². The van der Waals surface area contributed by atoms with Crippen LogP contribution >= 0.6 is 22.6 Å². The number of aryl methyl sites for hydroxylation is 1. The smallest absolute Gasteiger partial charge is 0.166 e. The van der Waals surface area contributed by atoms with E-state index in [4.69, 9.17) is 10.5 Å². The molecule has 106 valence electrons. The Morgan fingerprint density at radius 2 is 1.86 bits per heavy atom. The number of nitrogens with two attached hydrogens (primary N) is 1. The first kappa shape index (κ1) is 14.1. The first-order valence-corrected chi connectivity index (χ1v) is 7.55. The summed E-state index contributed by atoms with van der Waals surface area (Å²) in [5.74, 6) is 1.83. The first-order valence-electron chi connectivity index (χ1n) is 6.47. The number of ether oxygens (including phenoxy) is 1. The van der Waals surface area contributed by atoms with E-state index in [0.717, 1.165) is 31.3 Å². The van der Waals surface area contributed by atoms with Crippen LogP contribution in [0.25, 0.3) is 22.2 Å². The summed E-state index contributed by atoms with van der Waals surface area (Å²) in [6.07, 6.45) is 0. The third kappa shape index (κ3) is 2.42. The molecule has 0 aliphatic rings. The average Bonchev–Trinajstić information content (AvgIpc) is 2.51. The number of fused-ring (bicyclic) bond motifs is 1. The molecular formula is C16H14IN3O. The van der Waals surface area contributed by atoms with Crippen molar-refractivity contribution in [3.63, 3.8) is 0 Å². The first-order chi connectivity index (χ1) is 10.1. The van der Waals surface area contributed by atoms with E-state index in [2.05, 4.69) is 38.6 Å². The highest BCUT2D eigenvalue weighted by atomic mass is 127. The minimum absolute atomic E-state index is 0.494. The molecule has 5 heteroatoms. The molecule has 2 aromatic carbocycles. The average molecular weight is 391 g/mol. The van der Waals surface area contributed by atoms with Gasteiger partial charge in [0.2, 0.25) is 0 Å². The van der Waals surface area contributed by atoms with Crippen molar-refractivity contribution < 1.29 is 4.74 Å². The van der Waals surface area contributed by atoms with Crippen molar-refractivity contribution in [3.8, 4) is 17.1 Å². The fourth-order valence-corrected chi connectivity index (χ4v) is 2.59. The van der Waals surface area contributed by atoms with Crippen LogP contribution < -0.4 is 10.5 Å². The summed E-state index contributed by atoms with van der Waals surface area (Å²) >= 11 is 2.16. The second-order valence-corrected chi connectivity index (χ2v) is 5.77. The number of nitrogens with zero attached hydrogens (tertiary/aromatic N) is 2. The third-order valence-corrected chi connectivity index (χ3v) is 4.71. The summed E-state index contributed by atoms with van der Waals surface area (Å²) < 4.78 is 6.38. The summed E-state index contributed by atoms with van der Waals surface area (Å²) in [5.41, 5.74) is 7.74. The van der Waals surface area contributed by atoms with Gasteiger partial charge in [0.25, 0.3) is 0 Å². The van der Waals surface area contributed by atoms with Gasteiger partial charge in [-0.25, -0.2) is 9.97 Å². The summed E-state index contributed by atoms with van der Waals surface area (Å²) in [5, 5.41) is 2.17. The van der Waals surface area contributed by atoms with Crippen LogP contribution in [0.3, 0.4) is 0 Å². The minimum atomic E-state index is 0.494. The monoisotopic (exact) mass is 391 g/mol. The van der Waals surface area contributed by atoms with E-state index in [9.17, 15) is 0 Å². The molecule has 0 aliphatic heterocycles. The molecule has 0 atom stereocenters. The van der Waals surface area contributed by atoms with Crippen LogP contribution in [0.5, 0.6) is 5.75 Å². The fraction of sp³-hybridized carbons (Fsp3) is 0.125. The number of anilines is 1. The second kappa shape index (κ2) is 5.48. The number of rotatable bonds is 2. The Morgan fingerprint density at radius 3 is 2.57 bits per heavy atom. The van der Waals surface area contributed by atoms with Gasteiger partial charge in [0.1, 0.15) is 11.6 Å². The number of nitrogen functional groups attached to an aromatic ring is 1. The Kier molecular flexibility index (Phi) is 3.67. The second-order valence-electron chi connectivity index (χ2n) is 4.70. The lowest BCUT2D eigenvalue weighted by atomic mass is 10.0. The number of hydrogen-bond donors (Lipinski definition) is 1. The molecule has 0 aliphatic carbocycles. The predicted molar refractivity (Wildman–Crippen MR) is 93.4 cm³/mol. The van der Waals surface area contributed by atoms with Gasteiger partial charge in [-0.2, -0.15) is 0 Å². The van der Waals surface area contributed by atoms with E-state index >= 15 is 0 Å². The zero-order valence-corrected chi connectivity index (χ0v) is 13.9. The molecule has 0 fully saturated rings. The predicted octanol–water partition coefficient (Wildman–Crippen LogP) is 3.80. The molecule has 0 saturated carbocycles. The van der Waals surface area contributed by atoms with Gasteiger partial charge in [0.15, 0.2) is 5.82 Å². The van der Waals surface area contributed by atoms with Crippen LogP contribution in [0.4, 0.5) is 5.82 Å². The van der Waals surface area contributed by atoms with E-state index in [1.807, 2.05) is 37.3 Å². The molecule has 0 bridgehead atoms. The zero-order chi connectivity index (χ0) is 15.0. The fourth-order valence-electron chi connectivity index (χ4n) is 2.35. The van der Waals surface area contributed by atoms with Crippen LogP contribution in [0, 0.1) is 10.5 Å². The normalized spacial score (nSPS) is 10.8. The van der Waals surface area contributed by atoms with Crippen LogP contribution in [0.1, 0.15) is 5.69 Å².